The number of aliphatic hydroxyl groups excluding tert-OH is 1. The Morgan fingerprint density at radius 1 is 1.41 bits per heavy atom. The van der Waals surface area contributed by atoms with Crippen LogP contribution in [0, 0.1) is 0 Å². The molecular weight excluding hydrogens is 212 g/mol. The molecule has 3 nitrogen and oxygen atoms in total. The van der Waals surface area contributed by atoms with Gasteiger partial charge in [0.15, 0.2) is 0 Å². The number of hydrogen-bond donors (Lipinski definition) is 2. The van der Waals surface area contributed by atoms with Gasteiger partial charge in [-0.3, -0.25) is 4.90 Å². The van der Waals surface area contributed by atoms with Crippen LogP contribution in [0.25, 0.3) is 0 Å². The van der Waals surface area contributed by atoms with Gasteiger partial charge in [-0.1, -0.05) is 30.3 Å². The molecule has 0 aliphatic carbocycles. The Morgan fingerprint density at radius 2 is 2.12 bits per heavy atom. The predicted octanol–water partition coefficient (Wildman–Crippen LogP) is 1.53. The van der Waals surface area contributed by atoms with Crippen molar-refractivity contribution >= 4 is 0 Å². The van der Waals surface area contributed by atoms with Crippen molar-refractivity contribution in [1.82, 2.24) is 4.90 Å². The second kappa shape index (κ2) is 5.63. The van der Waals surface area contributed by atoms with E-state index in [1.54, 1.807) is 0 Å². The van der Waals surface area contributed by atoms with Gasteiger partial charge in [-0.05, 0) is 31.9 Å². The summed E-state index contributed by atoms with van der Waals surface area (Å²) in [6, 6.07) is 10.9. The van der Waals surface area contributed by atoms with Crippen LogP contribution in [0.15, 0.2) is 30.3 Å². The molecule has 0 amide bonds. The lowest BCUT2D eigenvalue weighted by Crippen LogP contribution is -2.43. The number of nitrogens with zero attached hydrogens (tertiary/aromatic N) is 1. The van der Waals surface area contributed by atoms with Crippen molar-refractivity contribution in [3.05, 3.63) is 35.9 Å². The Balaban J connectivity index is 2.23. The molecule has 0 spiro atoms. The molecule has 3 atom stereocenters. The lowest BCUT2D eigenvalue weighted by atomic mass is 9.98. The molecule has 94 valence electrons. The third-order valence-corrected chi connectivity index (χ3v) is 3.63. The maximum Gasteiger partial charge on any atom is 0.0587 e. The van der Waals surface area contributed by atoms with Crippen LogP contribution < -0.4 is 5.73 Å². The summed E-state index contributed by atoms with van der Waals surface area (Å²) >= 11 is 0. The van der Waals surface area contributed by atoms with Crippen LogP contribution >= 0.6 is 0 Å². The summed E-state index contributed by atoms with van der Waals surface area (Å²) in [6.45, 7) is 3.31. The molecule has 3 heteroatoms. The van der Waals surface area contributed by atoms with E-state index in [0.717, 1.165) is 19.4 Å². The predicted molar refractivity (Wildman–Crippen MR) is 69.6 cm³/mol. The van der Waals surface area contributed by atoms with Crippen LogP contribution in [0.2, 0.25) is 0 Å². The molecule has 1 aliphatic heterocycles. The molecule has 3 N–H and O–H groups in total. The molecule has 0 bridgehead atoms. The second-order valence-corrected chi connectivity index (χ2v) is 4.93. The van der Waals surface area contributed by atoms with Crippen molar-refractivity contribution in [3.63, 3.8) is 0 Å². The van der Waals surface area contributed by atoms with E-state index < -0.39 is 0 Å². The highest BCUT2D eigenvalue weighted by Crippen LogP contribution is 2.30. The molecule has 1 aromatic rings. The Hall–Kier alpha value is -0.900. The number of hydrogen-bond acceptors (Lipinski definition) is 3. The monoisotopic (exact) mass is 234 g/mol. The minimum absolute atomic E-state index is 0.0737. The number of likely N-dealkylation sites (tertiary alicyclic amines) is 1. The minimum Gasteiger partial charge on any atom is -0.395 e. The normalized spacial score (nSPS) is 24.8. The minimum atomic E-state index is 0.0737. The fraction of sp³-hybridized carbons (Fsp3) is 0.571. The van der Waals surface area contributed by atoms with Crippen LogP contribution in [0.4, 0.5) is 0 Å². The molecule has 1 aliphatic rings. The Morgan fingerprint density at radius 3 is 2.71 bits per heavy atom. The van der Waals surface area contributed by atoms with E-state index in [0.29, 0.717) is 0 Å². The molecule has 1 aromatic carbocycles. The Kier molecular flexibility index (Phi) is 4.15. The Labute approximate surface area is 103 Å². The molecular formula is C14H22N2O. The fourth-order valence-corrected chi connectivity index (χ4v) is 2.87. The van der Waals surface area contributed by atoms with E-state index in [4.69, 9.17) is 5.73 Å². The topological polar surface area (TPSA) is 49.5 Å². The van der Waals surface area contributed by atoms with E-state index in [1.165, 1.54) is 5.56 Å². The number of aliphatic hydroxyl groups is 1. The van der Waals surface area contributed by atoms with Crippen LogP contribution in [0.5, 0.6) is 0 Å². The summed E-state index contributed by atoms with van der Waals surface area (Å²) in [6.07, 6.45) is 2.23. The highest BCUT2D eigenvalue weighted by atomic mass is 16.3. The zero-order valence-electron chi connectivity index (χ0n) is 10.4. The highest BCUT2D eigenvalue weighted by Gasteiger charge is 2.32. The fourth-order valence-electron chi connectivity index (χ4n) is 2.87. The summed E-state index contributed by atoms with van der Waals surface area (Å²) in [5, 5.41) is 9.43. The second-order valence-electron chi connectivity index (χ2n) is 4.93. The molecule has 2 rings (SSSR count). The van der Waals surface area contributed by atoms with Gasteiger partial charge in [0.05, 0.1) is 6.61 Å². The van der Waals surface area contributed by atoms with E-state index in [1.807, 2.05) is 13.0 Å². The molecule has 0 saturated carbocycles. The van der Waals surface area contributed by atoms with Gasteiger partial charge in [-0.15, -0.1) is 0 Å². The van der Waals surface area contributed by atoms with Gasteiger partial charge in [0.2, 0.25) is 0 Å². The van der Waals surface area contributed by atoms with E-state index in [2.05, 4.69) is 29.2 Å². The van der Waals surface area contributed by atoms with Gasteiger partial charge < -0.3 is 10.8 Å². The van der Waals surface area contributed by atoms with Crippen molar-refractivity contribution in [2.24, 2.45) is 5.73 Å². The zero-order chi connectivity index (χ0) is 12.3. The van der Waals surface area contributed by atoms with Crippen molar-refractivity contribution < 1.29 is 5.11 Å². The first kappa shape index (κ1) is 12.6. The summed E-state index contributed by atoms with van der Waals surface area (Å²) < 4.78 is 0. The lowest BCUT2D eigenvalue weighted by Gasteiger charge is -2.35. The quantitative estimate of drug-likeness (QED) is 0.830. The first-order valence-electron chi connectivity index (χ1n) is 6.41. The summed E-state index contributed by atoms with van der Waals surface area (Å²) in [5.41, 5.74) is 7.39. The Bertz CT molecular complexity index is 339. The molecule has 3 unspecified atom stereocenters. The lowest BCUT2D eigenvalue weighted by molar-refractivity contribution is 0.108. The number of benzene rings is 1. The molecule has 1 fully saturated rings. The van der Waals surface area contributed by atoms with Gasteiger partial charge in [-0.2, -0.15) is 0 Å². The average molecular weight is 234 g/mol. The number of nitrogens with two attached hydrogens (primary N) is 1. The first-order valence-corrected chi connectivity index (χ1v) is 6.41. The third-order valence-electron chi connectivity index (χ3n) is 3.63. The van der Waals surface area contributed by atoms with Gasteiger partial charge >= 0.3 is 0 Å². The van der Waals surface area contributed by atoms with E-state index in [9.17, 15) is 5.11 Å². The van der Waals surface area contributed by atoms with Crippen molar-refractivity contribution in [2.45, 2.75) is 37.9 Å². The largest absolute Gasteiger partial charge is 0.395 e. The van der Waals surface area contributed by atoms with E-state index >= 15 is 0 Å². The van der Waals surface area contributed by atoms with Crippen molar-refractivity contribution in [1.29, 1.82) is 0 Å². The molecule has 0 radical (unpaired) electrons. The average Bonchev–Trinajstić information content (AvgIpc) is 2.78. The van der Waals surface area contributed by atoms with E-state index in [-0.39, 0.29) is 24.7 Å². The first-order chi connectivity index (χ1) is 8.24. The van der Waals surface area contributed by atoms with Crippen LogP contribution in [0.3, 0.4) is 0 Å². The van der Waals surface area contributed by atoms with Crippen LogP contribution in [-0.4, -0.2) is 35.2 Å². The summed E-state index contributed by atoms with van der Waals surface area (Å²) in [5.74, 6) is 0. The maximum atomic E-state index is 9.43. The molecule has 0 aromatic heterocycles. The van der Waals surface area contributed by atoms with Gasteiger partial charge in [0, 0.05) is 18.1 Å². The highest BCUT2D eigenvalue weighted by molar-refractivity contribution is 5.21. The standard InChI is InChI=1S/C14H22N2O/c1-11(15)14(12-6-3-2-4-7-12)16-9-5-8-13(16)10-17/h2-4,6-7,11,13-14,17H,5,8-10,15H2,1H3. The molecule has 1 heterocycles. The third kappa shape index (κ3) is 2.68. The van der Waals surface area contributed by atoms with Gasteiger partial charge in [0.25, 0.3) is 0 Å². The molecule has 1 saturated heterocycles. The SMILES string of the molecule is CC(N)C(c1ccccc1)N1CCCC1CO. The maximum absolute atomic E-state index is 9.43. The summed E-state index contributed by atoms with van der Waals surface area (Å²) in [7, 11) is 0. The number of rotatable bonds is 4. The van der Waals surface area contributed by atoms with Crippen molar-refractivity contribution in [2.75, 3.05) is 13.2 Å². The van der Waals surface area contributed by atoms with Gasteiger partial charge in [0.1, 0.15) is 0 Å². The molecule has 17 heavy (non-hydrogen) atoms. The van der Waals surface area contributed by atoms with Crippen molar-refractivity contribution in [3.8, 4) is 0 Å². The van der Waals surface area contributed by atoms with Gasteiger partial charge in [-0.25, -0.2) is 0 Å². The van der Waals surface area contributed by atoms with Crippen LogP contribution in [0.1, 0.15) is 31.4 Å². The van der Waals surface area contributed by atoms with Crippen LogP contribution in [-0.2, 0) is 0 Å². The smallest absolute Gasteiger partial charge is 0.0587 e. The zero-order valence-corrected chi connectivity index (χ0v) is 10.4. The summed E-state index contributed by atoms with van der Waals surface area (Å²) in [4.78, 5) is 2.36.